The third-order valence-corrected chi connectivity index (χ3v) is 3.48. The van der Waals surface area contributed by atoms with Crippen LogP contribution in [-0.2, 0) is 0 Å². The first-order valence-electron chi connectivity index (χ1n) is 6.50. The fourth-order valence-electron chi connectivity index (χ4n) is 1.94. The van der Waals surface area contributed by atoms with E-state index in [1.165, 1.54) is 0 Å². The van der Waals surface area contributed by atoms with Gasteiger partial charge >= 0.3 is 0 Å². The number of halogens is 1. The zero-order valence-electron chi connectivity index (χ0n) is 11.0. The largest absolute Gasteiger partial charge is 0.294 e. The molecule has 0 fully saturated rings. The molecule has 0 spiro atoms. The molecule has 0 aromatic heterocycles. The van der Waals surface area contributed by atoms with E-state index in [1.54, 1.807) is 36.4 Å². The van der Waals surface area contributed by atoms with E-state index in [0.29, 0.717) is 17.5 Å². The van der Waals surface area contributed by atoms with Gasteiger partial charge in [0, 0.05) is 17.5 Å². The van der Waals surface area contributed by atoms with E-state index >= 15 is 0 Å². The second-order valence-electron chi connectivity index (χ2n) is 4.53. The summed E-state index contributed by atoms with van der Waals surface area (Å²) >= 11 is 6.10. The Morgan fingerprint density at radius 2 is 1.35 bits per heavy atom. The number of carbonyl (C=O) groups excluding carboxylic acids is 2. The van der Waals surface area contributed by atoms with Crippen LogP contribution in [0.1, 0.15) is 33.6 Å². The summed E-state index contributed by atoms with van der Waals surface area (Å²) in [6.45, 7) is 0. The molecule has 1 unspecified atom stereocenters. The minimum Gasteiger partial charge on any atom is -0.294 e. The van der Waals surface area contributed by atoms with Gasteiger partial charge in [-0.2, -0.15) is 0 Å². The molecule has 0 amide bonds. The van der Waals surface area contributed by atoms with E-state index in [9.17, 15) is 9.59 Å². The van der Waals surface area contributed by atoms with E-state index in [4.69, 9.17) is 11.6 Å². The Morgan fingerprint density at radius 1 is 0.850 bits per heavy atom. The summed E-state index contributed by atoms with van der Waals surface area (Å²) in [5.74, 6) is -0.120. The van der Waals surface area contributed by atoms with Crippen LogP contribution >= 0.6 is 11.6 Å². The summed E-state index contributed by atoms with van der Waals surface area (Å²) < 4.78 is 0. The normalized spacial score (nSPS) is 11.8. The highest BCUT2D eigenvalue weighted by atomic mass is 35.5. The quantitative estimate of drug-likeness (QED) is 0.591. The Labute approximate surface area is 123 Å². The van der Waals surface area contributed by atoms with Gasteiger partial charge < -0.3 is 0 Å². The number of ketones is 2. The number of hydrogen-bond acceptors (Lipinski definition) is 2. The lowest BCUT2D eigenvalue weighted by Gasteiger charge is -2.08. The molecule has 1 atom stereocenters. The number of alkyl halides is 1. The zero-order valence-corrected chi connectivity index (χ0v) is 11.7. The first kappa shape index (κ1) is 14.5. The van der Waals surface area contributed by atoms with Crippen molar-refractivity contribution in [3.63, 3.8) is 0 Å². The molecular weight excluding hydrogens is 272 g/mol. The second-order valence-corrected chi connectivity index (χ2v) is 5.05. The number of rotatable bonds is 6. The molecule has 2 nitrogen and oxygen atoms in total. The minimum atomic E-state index is -0.662. The lowest BCUT2D eigenvalue weighted by molar-refractivity contribution is 0.0960. The van der Waals surface area contributed by atoms with Crippen LogP contribution in [0.4, 0.5) is 0 Å². The van der Waals surface area contributed by atoms with E-state index in [-0.39, 0.29) is 18.0 Å². The van der Waals surface area contributed by atoms with E-state index in [2.05, 4.69) is 0 Å². The predicted octanol–water partition coefficient (Wildman–Crippen LogP) is 4.14. The number of benzene rings is 2. The van der Waals surface area contributed by atoms with E-state index < -0.39 is 5.38 Å². The van der Waals surface area contributed by atoms with Gasteiger partial charge in [0.05, 0.1) is 5.38 Å². The van der Waals surface area contributed by atoms with Crippen molar-refractivity contribution in [3.05, 3.63) is 71.8 Å². The van der Waals surface area contributed by atoms with Gasteiger partial charge in [0.15, 0.2) is 11.6 Å². The minimum absolute atomic E-state index is 0.0112. The molecule has 0 aliphatic carbocycles. The third kappa shape index (κ3) is 3.78. The Bertz CT molecular complexity index is 578. The fourth-order valence-corrected chi connectivity index (χ4v) is 2.18. The molecule has 0 saturated heterocycles. The van der Waals surface area contributed by atoms with Crippen molar-refractivity contribution in [2.75, 3.05) is 0 Å². The Balaban J connectivity index is 1.91. The van der Waals surface area contributed by atoms with Crippen molar-refractivity contribution in [1.29, 1.82) is 0 Å². The molecule has 20 heavy (non-hydrogen) atoms. The average molecular weight is 287 g/mol. The molecular formula is C17H15ClO2. The summed E-state index contributed by atoms with van der Waals surface area (Å²) in [7, 11) is 0. The van der Waals surface area contributed by atoms with Crippen molar-refractivity contribution < 1.29 is 9.59 Å². The Morgan fingerprint density at radius 3 is 1.90 bits per heavy atom. The van der Waals surface area contributed by atoms with Gasteiger partial charge in [-0.25, -0.2) is 0 Å². The topological polar surface area (TPSA) is 34.1 Å². The molecule has 0 heterocycles. The maximum atomic E-state index is 12.1. The van der Waals surface area contributed by atoms with Crippen LogP contribution in [0.3, 0.4) is 0 Å². The van der Waals surface area contributed by atoms with Crippen LogP contribution in [0.5, 0.6) is 0 Å². The van der Waals surface area contributed by atoms with Crippen molar-refractivity contribution in [2.24, 2.45) is 0 Å². The van der Waals surface area contributed by atoms with Crippen LogP contribution in [0, 0.1) is 0 Å². The standard InChI is InChI=1S/C17H15ClO2/c18-15(17(20)14-9-5-2-6-10-14)11-12-16(19)13-7-3-1-4-8-13/h1-10,15H,11-12H2. The lowest BCUT2D eigenvalue weighted by Crippen LogP contribution is -2.16. The number of carbonyl (C=O) groups is 2. The highest BCUT2D eigenvalue weighted by Crippen LogP contribution is 2.15. The second kappa shape index (κ2) is 7.01. The van der Waals surface area contributed by atoms with Gasteiger partial charge in [-0.15, -0.1) is 11.6 Å². The zero-order chi connectivity index (χ0) is 14.4. The first-order chi connectivity index (χ1) is 9.68. The van der Waals surface area contributed by atoms with Gasteiger partial charge in [-0.3, -0.25) is 9.59 Å². The predicted molar refractivity (Wildman–Crippen MR) is 80.4 cm³/mol. The van der Waals surface area contributed by atoms with Crippen LogP contribution in [0.2, 0.25) is 0 Å². The first-order valence-corrected chi connectivity index (χ1v) is 6.93. The molecule has 2 aromatic rings. The third-order valence-electron chi connectivity index (χ3n) is 3.06. The molecule has 102 valence electrons. The molecule has 0 saturated carbocycles. The SMILES string of the molecule is O=C(CCC(Cl)C(=O)c1ccccc1)c1ccccc1. The van der Waals surface area contributed by atoms with E-state index in [0.717, 1.165) is 0 Å². The van der Waals surface area contributed by atoms with Gasteiger partial charge in [-0.1, -0.05) is 60.7 Å². The van der Waals surface area contributed by atoms with Crippen LogP contribution in [0.15, 0.2) is 60.7 Å². The molecule has 0 radical (unpaired) electrons. The molecule has 2 aromatic carbocycles. The van der Waals surface area contributed by atoms with Crippen LogP contribution in [-0.4, -0.2) is 16.9 Å². The van der Waals surface area contributed by atoms with Gasteiger partial charge in [-0.05, 0) is 6.42 Å². The number of hydrogen-bond donors (Lipinski definition) is 0. The van der Waals surface area contributed by atoms with Gasteiger partial charge in [0.1, 0.15) is 0 Å². The van der Waals surface area contributed by atoms with Crippen LogP contribution in [0.25, 0.3) is 0 Å². The molecule has 3 heteroatoms. The molecule has 0 aliphatic rings. The summed E-state index contributed by atoms with van der Waals surface area (Å²) in [5, 5.41) is -0.662. The molecule has 0 aliphatic heterocycles. The highest BCUT2D eigenvalue weighted by molar-refractivity contribution is 6.34. The maximum absolute atomic E-state index is 12.1. The average Bonchev–Trinajstić information content (AvgIpc) is 2.53. The van der Waals surface area contributed by atoms with Crippen molar-refractivity contribution in [1.82, 2.24) is 0 Å². The smallest absolute Gasteiger partial charge is 0.180 e. The van der Waals surface area contributed by atoms with E-state index in [1.807, 2.05) is 24.3 Å². The monoisotopic (exact) mass is 286 g/mol. The fraction of sp³-hybridized carbons (Fsp3) is 0.176. The maximum Gasteiger partial charge on any atom is 0.180 e. The van der Waals surface area contributed by atoms with Crippen molar-refractivity contribution in [3.8, 4) is 0 Å². The lowest BCUT2D eigenvalue weighted by atomic mass is 10.0. The summed E-state index contributed by atoms with van der Waals surface area (Å²) in [6.07, 6.45) is 0.625. The molecule has 2 rings (SSSR count). The van der Waals surface area contributed by atoms with Crippen molar-refractivity contribution in [2.45, 2.75) is 18.2 Å². The Hall–Kier alpha value is -1.93. The van der Waals surface area contributed by atoms with Crippen LogP contribution < -0.4 is 0 Å². The summed E-state index contributed by atoms with van der Waals surface area (Å²) in [4.78, 5) is 24.0. The van der Waals surface area contributed by atoms with Crippen molar-refractivity contribution >= 4 is 23.2 Å². The highest BCUT2D eigenvalue weighted by Gasteiger charge is 2.18. The molecule has 0 N–H and O–H groups in total. The summed E-state index contributed by atoms with van der Waals surface area (Å²) in [6, 6.07) is 17.9. The summed E-state index contributed by atoms with van der Waals surface area (Å²) in [5.41, 5.74) is 1.24. The Kier molecular flexibility index (Phi) is 5.08. The number of Topliss-reactive ketones (excluding diaryl/α,β-unsaturated/α-hetero) is 2. The molecule has 0 bridgehead atoms. The van der Waals surface area contributed by atoms with Gasteiger partial charge in [0.25, 0.3) is 0 Å². The van der Waals surface area contributed by atoms with Gasteiger partial charge in [0.2, 0.25) is 0 Å².